The topological polar surface area (TPSA) is 55.8 Å². The van der Waals surface area contributed by atoms with Gasteiger partial charge in [-0.05, 0) is 28.4 Å². The Labute approximate surface area is 106 Å². The predicted molar refractivity (Wildman–Crippen MR) is 63.2 cm³/mol. The number of rotatable bonds is 5. The van der Waals surface area contributed by atoms with Gasteiger partial charge in [-0.1, -0.05) is 0 Å². The van der Waals surface area contributed by atoms with Crippen LogP contribution in [0.2, 0.25) is 0 Å². The summed E-state index contributed by atoms with van der Waals surface area (Å²) in [7, 11) is 2.81. The van der Waals surface area contributed by atoms with E-state index in [1.807, 2.05) is 0 Å². The van der Waals surface area contributed by atoms with Crippen molar-refractivity contribution in [1.82, 2.24) is 0 Å². The average molecular weight is 307 g/mol. The van der Waals surface area contributed by atoms with Crippen molar-refractivity contribution >= 4 is 21.9 Å². The number of carboxylic acid groups (broad SMARTS) is 1. The average Bonchev–Trinajstić information content (AvgIpc) is 2.26. The van der Waals surface area contributed by atoms with E-state index >= 15 is 0 Å². The zero-order chi connectivity index (χ0) is 13.0. The van der Waals surface area contributed by atoms with Crippen molar-refractivity contribution in [3.8, 4) is 11.5 Å². The molecule has 1 aromatic carbocycles. The van der Waals surface area contributed by atoms with Crippen LogP contribution in [0.25, 0.3) is 0 Å². The minimum atomic E-state index is -0.992. The molecule has 0 aliphatic carbocycles. The first-order valence-electron chi connectivity index (χ1n) is 4.81. The number of hydrogen-bond acceptors (Lipinski definition) is 3. The third kappa shape index (κ3) is 3.09. The van der Waals surface area contributed by atoms with Crippen LogP contribution in [0.3, 0.4) is 0 Å². The second kappa shape index (κ2) is 5.86. The molecule has 0 saturated heterocycles. The van der Waals surface area contributed by atoms with Gasteiger partial charge in [0.1, 0.15) is 5.82 Å². The molecule has 0 spiro atoms. The molecule has 1 N–H and O–H groups in total. The number of hydrogen-bond donors (Lipinski definition) is 1. The van der Waals surface area contributed by atoms with Gasteiger partial charge in [0.25, 0.3) is 0 Å². The zero-order valence-electron chi connectivity index (χ0n) is 9.42. The molecule has 1 aromatic rings. The number of aliphatic carboxylic acids is 1. The summed E-state index contributed by atoms with van der Waals surface area (Å²) in [6.45, 7) is 0. The summed E-state index contributed by atoms with van der Waals surface area (Å²) in [5.74, 6) is -0.931. The fourth-order valence-corrected chi connectivity index (χ4v) is 2.03. The molecule has 0 saturated carbocycles. The summed E-state index contributed by atoms with van der Waals surface area (Å²) in [6.07, 6.45) is -0.119. The SMILES string of the molecule is COc1c(Br)cc(F)c(CCC(=O)O)c1OC. The maximum Gasteiger partial charge on any atom is 0.303 e. The quantitative estimate of drug-likeness (QED) is 0.908. The maximum atomic E-state index is 13.7. The monoisotopic (exact) mass is 306 g/mol. The van der Waals surface area contributed by atoms with Crippen molar-refractivity contribution < 1.29 is 23.8 Å². The summed E-state index contributed by atoms with van der Waals surface area (Å²) in [5.41, 5.74) is 0.204. The lowest BCUT2D eigenvalue weighted by molar-refractivity contribution is -0.136. The van der Waals surface area contributed by atoms with Crippen molar-refractivity contribution in [3.05, 3.63) is 21.9 Å². The molecule has 0 bridgehead atoms. The van der Waals surface area contributed by atoms with Gasteiger partial charge in [-0.15, -0.1) is 0 Å². The highest BCUT2D eigenvalue weighted by Gasteiger charge is 2.19. The summed E-state index contributed by atoms with van der Waals surface area (Å²) in [5, 5.41) is 8.61. The van der Waals surface area contributed by atoms with Gasteiger partial charge >= 0.3 is 5.97 Å². The Bertz CT molecular complexity index is 434. The van der Waals surface area contributed by atoms with Gasteiger partial charge in [-0.3, -0.25) is 4.79 Å². The molecule has 1 rings (SSSR count). The highest BCUT2D eigenvalue weighted by molar-refractivity contribution is 9.10. The van der Waals surface area contributed by atoms with Crippen LogP contribution in [0.4, 0.5) is 4.39 Å². The summed E-state index contributed by atoms with van der Waals surface area (Å²) in [6, 6.07) is 1.23. The van der Waals surface area contributed by atoms with Gasteiger partial charge in [0.15, 0.2) is 11.5 Å². The van der Waals surface area contributed by atoms with Gasteiger partial charge in [-0.2, -0.15) is 0 Å². The molecule has 0 unspecified atom stereocenters. The van der Waals surface area contributed by atoms with Crippen molar-refractivity contribution in [2.24, 2.45) is 0 Å². The van der Waals surface area contributed by atoms with E-state index in [9.17, 15) is 9.18 Å². The van der Waals surface area contributed by atoms with Crippen LogP contribution in [0.1, 0.15) is 12.0 Å². The molecule has 0 atom stereocenters. The standard InChI is InChI=1S/C11H12BrFO4/c1-16-10-6(3-4-9(14)15)8(13)5-7(12)11(10)17-2/h5H,3-4H2,1-2H3,(H,14,15). The van der Waals surface area contributed by atoms with Gasteiger partial charge in [0.05, 0.1) is 18.7 Å². The third-order valence-corrected chi connectivity index (χ3v) is 2.83. The first-order chi connectivity index (χ1) is 8.01. The largest absolute Gasteiger partial charge is 0.492 e. The molecule has 0 heterocycles. The lowest BCUT2D eigenvalue weighted by atomic mass is 10.1. The maximum absolute atomic E-state index is 13.7. The Hall–Kier alpha value is -1.30. The molecule has 17 heavy (non-hydrogen) atoms. The Balaban J connectivity index is 3.21. The lowest BCUT2D eigenvalue weighted by Gasteiger charge is -2.14. The second-order valence-electron chi connectivity index (χ2n) is 3.28. The van der Waals surface area contributed by atoms with Crippen LogP contribution in [-0.4, -0.2) is 25.3 Å². The Morgan fingerprint density at radius 1 is 1.41 bits per heavy atom. The van der Waals surface area contributed by atoms with Crippen LogP contribution in [-0.2, 0) is 11.2 Å². The van der Waals surface area contributed by atoms with Crippen molar-refractivity contribution in [3.63, 3.8) is 0 Å². The Morgan fingerprint density at radius 3 is 2.47 bits per heavy atom. The van der Waals surface area contributed by atoms with E-state index in [-0.39, 0.29) is 24.2 Å². The van der Waals surface area contributed by atoms with Crippen molar-refractivity contribution in [1.29, 1.82) is 0 Å². The smallest absolute Gasteiger partial charge is 0.303 e. The highest BCUT2D eigenvalue weighted by atomic mass is 79.9. The second-order valence-corrected chi connectivity index (χ2v) is 4.13. The number of methoxy groups -OCH3 is 2. The summed E-state index contributed by atoms with van der Waals surface area (Å²) in [4.78, 5) is 10.5. The van der Waals surface area contributed by atoms with E-state index in [1.54, 1.807) is 0 Å². The fourth-order valence-electron chi connectivity index (χ4n) is 1.49. The van der Waals surface area contributed by atoms with Gasteiger partial charge in [0, 0.05) is 12.0 Å². The first-order valence-corrected chi connectivity index (χ1v) is 5.61. The van der Waals surface area contributed by atoms with Gasteiger partial charge in [0.2, 0.25) is 0 Å². The van der Waals surface area contributed by atoms with E-state index in [2.05, 4.69) is 15.9 Å². The van der Waals surface area contributed by atoms with E-state index < -0.39 is 11.8 Å². The molecule has 4 nitrogen and oxygen atoms in total. The number of carbonyl (C=O) groups is 1. The summed E-state index contributed by atoms with van der Waals surface area (Å²) < 4.78 is 24.3. The molecule has 0 aromatic heterocycles. The molecule has 94 valence electrons. The molecular formula is C11H12BrFO4. The molecule has 0 aliphatic rings. The van der Waals surface area contributed by atoms with Crippen LogP contribution < -0.4 is 9.47 Å². The molecule has 0 amide bonds. The van der Waals surface area contributed by atoms with Crippen LogP contribution in [0.15, 0.2) is 10.5 Å². The van der Waals surface area contributed by atoms with Crippen LogP contribution in [0, 0.1) is 5.82 Å². The van der Waals surface area contributed by atoms with Gasteiger partial charge in [-0.25, -0.2) is 4.39 Å². The predicted octanol–water partition coefficient (Wildman–Crippen LogP) is 2.62. The molecule has 6 heteroatoms. The molecule has 0 fully saturated rings. The first kappa shape index (κ1) is 13.8. The van der Waals surface area contributed by atoms with Crippen LogP contribution >= 0.6 is 15.9 Å². The van der Waals surface area contributed by atoms with Crippen LogP contribution in [0.5, 0.6) is 11.5 Å². The number of halogens is 2. The zero-order valence-corrected chi connectivity index (χ0v) is 11.0. The normalized spacial score (nSPS) is 10.1. The molecular weight excluding hydrogens is 295 g/mol. The fraction of sp³-hybridized carbons (Fsp3) is 0.364. The molecule has 0 aliphatic heterocycles. The van der Waals surface area contributed by atoms with E-state index in [1.165, 1.54) is 20.3 Å². The van der Waals surface area contributed by atoms with Crippen molar-refractivity contribution in [2.45, 2.75) is 12.8 Å². The highest BCUT2D eigenvalue weighted by Crippen LogP contribution is 2.40. The Kier molecular flexibility index (Phi) is 4.74. The number of benzene rings is 1. The van der Waals surface area contributed by atoms with E-state index in [0.29, 0.717) is 10.2 Å². The van der Waals surface area contributed by atoms with Gasteiger partial charge < -0.3 is 14.6 Å². The Morgan fingerprint density at radius 2 is 2.00 bits per heavy atom. The number of carboxylic acids is 1. The van der Waals surface area contributed by atoms with E-state index in [4.69, 9.17) is 14.6 Å². The minimum absolute atomic E-state index is 0.0496. The minimum Gasteiger partial charge on any atom is -0.492 e. The van der Waals surface area contributed by atoms with E-state index in [0.717, 1.165) is 0 Å². The lowest BCUT2D eigenvalue weighted by Crippen LogP contribution is -2.04. The number of ether oxygens (including phenoxy) is 2. The third-order valence-electron chi connectivity index (χ3n) is 2.24. The molecule has 0 radical (unpaired) electrons. The van der Waals surface area contributed by atoms with Crippen molar-refractivity contribution in [2.75, 3.05) is 14.2 Å². The summed E-state index contributed by atoms with van der Waals surface area (Å²) >= 11 is 3.15.